The normalized spacial score (nSPS) is 17.7. The van der Waals surface area contributed by atoms with Gasteiger partial charge in [-0.15, -0.1) is 0 Å². The summed E-state index contributed by atoms with van der Waals surface area (Å²) in [6, 6.07) is 8.26. The number of likely N-dealkylation sites (tertiary alicyclic amines) is 1. The van der Waals surface area contributed by atoms with E-state index >= 15 is 0 Å². The first kappa shape index (κ1) is 25.5. The zero-order valence-corrected chi connectivity index (χ0v) is 19.6. The van der Waals surface area contributed by atoms with Crippen LogP contribution in [0.1, 0.15) is 64.9 Å². The summed E-state index contributed by atoms with van der Waals surface area (Å²) in [5.41, 5.74) is 2.09. The van der Waals surface area contributed by atoms with Gasteiger partial charge in [0.1, 0.15) is 5.75 Å². The lowest BCUT2D eigenvalue weighted by Gasteiger charge is -2.25. The van der Waals surface area contributed by atoms with Gasteiger partial charge >= 0.3 is 0 Å². The molecule has 0 aliphatic carbocycles. The Morgan fingerprint density at radius 1 is 1.23 bits per heavy atom. The molecule has 0 bridgehead atoms. The molecule has 4 heteroatoms. The molecule has 1 amide bonds. The van der Waals surface area contributed by atoms with E-state index in [4.69, 9.17) is 9.47 Å². The minimum absolute atomic E-state index is 0.0603. The lowest BCUT2D eigenvalue weighted by Crippen LogP contribution is -2.34. The van der Waals surface area contributed by atoms with E-state index in [2.05, 4.69) is 20.4 Å². The SMILES string of the molecule is C=C/C(=C\C=C(/CC)OC)C(CC(=O)N1CCCC1C)c1ccc(OC)cc1.CC. The molecule has 0 spiro atoms. The highest BCUT2D eigenvalue weighted by molar-refractivity contribution is 5.78. The van der Waals surface area contributed by atoms with Crippen molar-refractivity contribution in [2.75, 3.05) is 20.8 Å². The largest absolute Gasteiger partial charge is 0.501 e. The number of hydrogen-bond donors (Lipinski definition) is 0. The monoisotopic (exact) mass is 413 g/mol. The average Bonchev–Trinajstić information content (AvgIpc) is 3.23. The number of allylic oxidation sites excluding steroid dienone is 5. The number of methoxy groups -OCH3 is 2. The Bertz CT molecular complexity index is 712. The molecule has 1 fully saturated rings. The van der Waals surface area contributed by atoms with Crippen LogP contribution >= 0.6 is 0 Å². The van der Waals surface area contributed by atoms with Crippen LogP contribution in [-0.2, 0) is 9.53 Å². The zero-order valence-electron chi connectivity index (χ0n) is 19.6. The zero-order chi connectivity index (χ0) is 22.5. The predicted octanol–water partition coefficient (Wildman–Crippen LogP) is 6.26. The van der Waals surface area contributed by atoms with E-state index in [0.717, 1.165) is 48.5 Å². The van der Waals surface area contributed by atoms with Crippen molar-refractivity contribution >= 4 is 5.91 Å². The van der Waals surface area contributed by atoms with Gasteiger partial charge in [-0.25, -0.2) is 0 Å². The van der Waals surface area contributed by atoms with Crippen molar-refractivity contribution in [1.82, 2.24) is 4.90 Å². The molecule has 2 rings (SSSR count). The van der Waals surface area contributed by atoms with Gasteiger partial charge in [-0.05, 0) is 49.1 Å². The number of carbonyl (C=O) groups excluding carboxylic acids is 1. The van der Waals surface area contributed by atoms with Crippen molar-refractivity contribution in [3.05, 3.63) is 66.0 Å². The molecule has 166 valence electrons. The molecule has 1 aromatic carbocycles. The number of ether oxygens (including phenoxy) is 2. The van der Waals surface area contributed by atoms with Crippen LogP contribution in [-0.4, -0.2) is 37.6 Å². The molecule has 0 N–H and O–H groups in total. The van der Waals surface area contributed by atoms with Crippen molar-refractivity contribution < 1.29 is 14.3 Å². The van der Waals surface area contributed by atoms with Crippen LogP contribution in [0.5, 0.6) is 5.75 Å². The Labute approximate surface area is 183 Å². The molecule has 4 nitrogen and oxygen atoms in total. The number of nitrogens with zero attached hydrogens (tertiary/aromatic N) is 1. The topological polar surface area (TPSA) is 38.8 Å². The summed E-state index contributed by atoms with van der Waals surface area (Å²) < 4.78 is 10.7. The molecule has 2 unspecified atom stereocenters. The molecule has 1 aromatic rings. The van der Waals surface area contributed by atoms with Gasteiger partial charge in [0.15, 0.2) is 0 Å². The van der Waals surface area contributed by atoms with E-state index in [1.54, 1.807) is 14.2 Å². The van der Waals surface area contributed by atoms with Crippen LogP contribution in [0.4, 0.5) is 0 Å². The highest BCUT2D eigenvalue weighted by atomic mass is 16.5. The molecule has 30 heavy (non-hydrogen) atoms. The van der Waals surface area contributed by atoms with Gasteiger partial charge in [0.2, 0.25) is 5.91 Å². The fourth-order valence-electron chi connectivity index (χ4n) is 3.71. The smallest absolute Gasteiger partial charge is 0.223 e. The molecule has 1 aliphatic rings. The van der Waals surface area contributed by atoms with Crippen molar-refractivity contribution in [2.24, 2.45) is 0 Å². The Balaban J connectivity index is 0.00000218. The summed E-state index contributed by atoms with van der Waals surface area (Å²) in [5, 5.41) is 0. The van der Waals surface area contributed by atoms with Gasteiger partial charge < -0.3 is 14.4 Å². The van der Waals surface area contributed by atoms with Crippen LogP contribution < -0.4 is 4.74 Å². The van der Waals surface area contributed by atoms with Gasteiger partial charge in [0.25, 0.3) is 0 Å². The minimum Gasteiger partial charge on any atom is -0.501 e. The highest BCUT2D eigenvalue weighted by Crippen LogP contribution is 2.32. The van der Waals surface area contributed by atoms with E-state index in [-0.39, 0.29) is 11.8 Å². The summed E-state index contributed by atoms with van der Waals surface area (Å²) in [6.07, 6.45) is 9.24. The molecular weight excluding hydrogens is 374 g/mol. The van der Waals surface area contributed by atoms with E-state index in [1.807, 2.05) is 61.2 Å². The molecule has 1 aliphatic heterocycles. The summed E-state index contributed by atoms with van der Waals surface area (Å²) >= 11 is 0. The van der Waals surface area contributed by atoms with Gasteiger partial charge in [0, 0.05) is 31.3 Å². The number of hydrogen-bond acceptors (Lipinski definition) is 3. The standard InChI is InChI=1S/C24H33NO3.C2H6/c1-6-19(10-13-21(7-2)27-4)23(20-11-14-22(28-5)15-12-20)17-24(26)25-16-8-9-18(25)3;1-2/h6,10-15,18,23H,1,7-9,16-17H2,2-5H3;1-2H3/b19-10+,21-13+;. The lowest BCUT2D eigenvalue weighted by atomic mass is 9.87. The fraction of sp³-hybridized carbons (Fsp3) is 0.500. The summed E-state index contributed by atoms with van der Waals surface area (Å²) in [4.78, 5) is 15.0. The van der Waals surface area contributed by atoms with Crippen molar-refractivity contribution in [3.8, 4) is 5.75 Å². The van der Waals surface area contributed by atoms with Crippen molar-refractivity contribution in [1.29, 1.82) is 0 Å². The second kappa shape index (κ2) is 13.7. The highest BCUT2D eigenvalue weighted by Gasteiger charge is 2.28. The fourth-order valence-corrected chi connectivity index (χ4v) is 3.71. The number of benzene rings is 1. The van der Waals surface area contributed by atoms with Gasteiger partial charge in [-0.3, -0.25) is 4.79 Å². The maximum Gasteiger partial charge on any atom is 0.223 e. The Morgan fingerprint density at radius 3 is 2.37 bits per heavy atom. The second-order valence-electron chi connectivity index (χ2n) is 7.17. The summed E-state index contributed by atoms with van der Waals surface area (Å²) in [5.74, 6) is 1.84. The first-order chi connectivity index (χ1) is 14.5. The van der Waals surface area contributed by atoms with E-state index in [0.29, 0.717) is 12.5 Å². The molecular formula is C26H39NO3. The first-order valence-electron chi connectivity index (χ1n) is 11.0. The van der Waals surface area contributed by atoms with E-state index < -0.39 is 0 Å². The van der Waals surface area contributed by atoms with Crippen LogP contribution in [0.2, 0.25) is 0 Å². The van der Waals surface area contributed by atoms with Crippen LogP contribution in [0.15, 0.2) is 60.4 Å². The Kier molecular flexibility index (Phi) is 11.7. The Hall–Kier alpha value is -2.49. The van der Waals surface area contributed by atoms with Gasteiger partial charge in [-0.2, -0.15) is 0 Å². The van der Waals surface area contributed by atoms with E-state index in [1.165, 1.54) is 0 Å². The lowest BCUT2D eigenvalue weighted by molar-refractivity contribution is -0.131. The molecule has 0 radical (unpaired) electrons. The maximum atomic E-state index is 13.0. The summed E-state index contributed by atoms with van der Waals surface area (Å²) in [6.45, 7) is 13.0. The van der Waals surface area contributed by atoms with E-state index in [9.17, 15) is 4.79 Å². The average molecular weight is 414 g/mol. The molecule has 0 saturated carbocycles. The van der Waals surface area contributed by atoms with Crippen LogP contribution in [0.25, 0.3) is 0 Å². The van der Waals surface area contributed by atoms with Crippen LogP contribution in [0.3, 0.4) is 0 Å². The van der Waals surface area contributed by atoms with Gasteiger partial charge in [-0.1, -0.05) is 51.6 Å². The van der Waals surface area contributed by atoms with Crippen molar-refractivity contribution in [3.63, 3.8) is 0 Å². The summed E-state index contributed by atoms with van der Waals surface area (Å²) in [7, 11) is 3.33. The van der Waals surface area contributed by atoms with Gasteiger partial charge in [0.05, 0.1) is 20.0 Å². The maximum absolute atomic E-state index is 13.0. The van der Waals surface area contributed by atoms with Crippen LogP contribution in [0, 0.1) is 0 Å². The molecule has 0 aromatic heterocycles. The second-order valence-corrected chi connectivity index (χ2v) is 7.17. The number of rotatable bonds is 9. The molecule has 2 atom stereocenters. The molecule has 1 saturated heterocycles. The number of carbonyl (C=O) groups is 1. The first-order valence-corrected chi connectivity index (χ1v) is 11.0. The predicted molar refractivity (Wildman–Crippen MR) is 126 cm³/mol. The quantitative estimate of drug-likeness (QED) is 0.354. The molecule has 1 heterocycles. The third kappa shape index (κ3) is 7.08. The third-order valence-electron chi connectivity index (χ3n) is 5.48. The number of amides is 1. The minimum atomic E-state index is -0.0603. The van der Waals surface area contributed by atoms with Crippen molar-refractivity contribution in [2.45, 2.75) is 65.3 Å². The third-order valence-corrected chi connectivity index (χ3v) is 5.48. The Morgan fingerprint density at radius 2 is 1.90 bits per heavy atom.